The Hall–Kier alpha value is -3.13. The first-order valence-electron chi connectivity index (χ1n) is 7.62. The number of anilines is 1. The lowest BCUT2D eigenvalue weighted by Crippen LogP contribution is -2.21. The largest absolute Gasteiger partial charge is 0.454 e. The van der Waals surface area contributed by atoms with Crippen LogP contribution in [0.15, 0.2) is 36.4 Å². The fraction of sp³-hybridized carbons (Fsp3) is 0.111. The van der Waals surface area contributed by atoms with Crippen molar-refractivity contribution in [1.29, 1.82) is 0 Å². The maximum Gasteiger partial charge on any atom is 0.331 e. The second kappa shape index (κ2) is 8.05. The van der Waals surface area contributed by atoms with Crippen LogP contribution in [0.1, 0.15) is 5.56 Å². The molecule has 0 aromatic heterocycles. The first-order valence-corrected chi connectivity index (χ1v) is 7.99. The average Bonchev–Trinajstić information content (AvgIpc) is 3.10. The molecule has 140 valence electrons. The summed E-state index contributed by atoms with van der Waals surface area (Å²) < 4.78 is 42.0. The maximum atomic E-state index is 13.4. The zero-order valence-electron chi connectivity index (χ0n) is 13.6. The highest BCUT2D eigenvalue weighted by molar-refractivity contribution is 6.32. The standard InChI is InChI=1S/C18H12ClF2NO5/c19-11-6-10(7-14-18(11)27-9-26-14)4-5-16(24)25-8-15(23)22-17-12(20)2-1-3-13(17)21/h1-7H,8-9H2,(H,22,23)/b5-4+. The normalized spacial score (nSPS) is 12.3. The van der Waals surface area contributed by atoms with Crippen molar-refractivity contribution in [3.63, 3.8) is 0 Å². The molecule has 0 atom stereocenters. The summed E-state index contributed by atoms with van der Waals surface area (Å²) in [6.07, 6.45) is 2.48. The highest BCUT2D eigenvalue weighted by atomic mass is 35.5. The molecule has 2 aromatic carbocycles. The third kappa shape index (κ3) is 4.53. The van der Waals surface area contributed by atoms with Gasteiger partial charge in [0.1, 0.15) is 17.3 Å². The number of carbonyl (C=O) groups excluding carboxylic acids is 2. The predicted molar refractivity (Wildman–Crippen MR) is 92.6 cm³/mol. The number of hydrogen-bond donors (Lipinski definition) is 1. The van der Waals surface area contributed by atoms with E-state index in [2.05, 4.69) is 0 Å². The van der Waals surface area contributed by atoms with E-state index in [9.17, 15) is 18.4 Å². The van der Waals surface area contributed by atoms with Crippen LogP contribution >= 0.6 is 11.6 Å². The van der Waals surface area contributed by atoms with Crippen LogP contribution in [0.3, 0.4) is 0 Å². The topological polar surface area (TPSA) is 73.9 Å². The number of ether oxygens (including phenoxy) is 3. The van der Waals surface area contributed by atoms with Gasteiger partial charge in [0.15, 0.2) is 18.1 Å². The maximum absolute atomic E-state index is 13.4. The van der Waals surface area contributed by atoms with E-state index < -0.39 is 35.8 Å². The molecule has 1 aliphatic heterocycles. The van der Waals surface area contributed by atoms with Crippen LogP contribution in [-0.4, -0.2) is 25.3 Å². The molecule has 1 heterocycles. The second-order valence-corrected chi connectivity index (χ2v) is 5.73. The molecule has 0 fully saturated rings. The molecule has 27 heavy (non-hydrogen) atoms. The Morgan fingerprint density at radius 3 is 2.70 bits per heavy atom. The molecule has 3 rings (SSSR count). The monoisotopic (exact) mass is 395 g/mol. The van der Waals surface area contributed by atoms with E-state index in [1.165, 1.54) is 6.08 Å². The van der Waals surface area contributed by atoms with E-state index in [4.69, 9.17) is 25.8 Å². The Kier molecular flexibility index (Phi) is 5.56. The lowest BCUT2D eigenvalue weighted by molar-refractivity contribution is -0.142. The third-order valence-corrected chi connectivity index (χ3v) is 3.71. The molecule has 1 aliphatic rings. The van der Waals surface area contributed by atoms with Gasteiger partial charge in [-0.05, 0) is 35.9 Å². The van der Waals surface area contributed by atoms with Crippen LogP contribution in [0.4, 0.5) is 14.5 Å². The van der Waals surface area contributed by atoms with Crippen molar-refractivity contribution < 1.29 is 32.6 Å². The van der Waals surface area contributed by atoms with Gasteiger partial charge in [-0.2, -0.15) is 0 Å². The number of amides is 1. The van der Waals surface area contributed by atoms with Crippen LogP contribution in [0.25, 0.3) is 6.08 Å². The lowest BCUT2D eigenvalue weighted by atomic mass is 10.2. The summed E-state index contributed by atoms with van der Waals surface area (Å²) in [6.45, 7) is -0.652. The summed E-state index contributed by atoms with van der Waals surface area (Å²) in [5, 5.41) is 2.33. The Bertz CT molecular complexity index is 912. The van der Waals surface area contributed by atoms with E-state index in [0.717, 1.165) is 24.3 Å². The minimum atomic E-state index is -0.936. The average molecular weight is 396 g/mol. The number of esters is 1. The van der Waals surface area contributed by atoms with Crippen molar-refractivity contribution >= 4 is 35.2 Å². The molecule has 2 aromatic rings. The van der Waals surface area contributed by atoms with Crippen molar-refractivity contribution in [1.82, 2.24) is 0 Å². The zero-order chi connectivity index (χ0) is 19.4. The third-order valence-electron chi connectivity index (χ3n) is 3.43. The smallest absolute Gasteiger partial charge is 0.331 e. The molecular weight excluding hydrogens is 384 g/mol. The number of benzene rings is 2. The number of rotatable bonds is 5. The van der Waals surface area contributed by atoms with Crippen LogP contribution in [0.2, 0.25) is 5.02 Å². The van der Waals surface area contributed by atoms with E-state index in [1.54, 1.807) is 12.1 Å². The fourth-order valence-electron chi connectivity index (χ4n) is 2.23. The molecular formula is C18H12ClF2NO5. The summed E-state index contributed by atoms with van der Waals surface area (Å²) in [5.74, 6) is -2.71. The number of hydrogen-bond acceptors (Lipinski definition) is 5. The molecule has 0 unspecified atom stereocenters. The Morgan fingerprint density at radius 1 is 1.22 bits per heavy atom. The van der Waals surface area contributed by atoms with Gasteiger partial charge in [0.25, 0.3) is 5.91 Å². The molecule has 6 nitrogen and oxygen atoms in total. The van der Waals surface area contributed by atoms with Gasteiger partial charge in [0.05, 0.1) is 5.02 Å². The van der Waals surface area contributed by atoms with Crippen LogP contribution < -0.4 is 14.8 Å². The van der Waals surface area contributed by atoms with Gasteiger partial charge in [-0.25, -0.2) is 13.6 Å². The Balaban J connectivity index is 1.54. The predicted octanol–water partition coefficient (Wildman–Crippen LogP) is 3.54. The number of halogens is 3. The van der Waals surface area contributed by atoms with E-state index >= 15 is 0 Å². The molecule has 0 saturated heterocycles. The van der Waals surface area contributed by atoms with Crippen molar-refractivity contribution in [2.24, 2.45) is 0 Å². The molecule has 9 heteroatoms. The molecule has 0 bridgehead atoms. The summed E-state index contributed by atoms with van der Waals surface area (Å²) in [4.78, 5) is 23.4. The van der Waals surface area contributed by atoms with Crippen LogP contribution in [0, 0.1) is 11.6 Å². The molecule has 1 amide bonds. The minimum Gasteiger partial charge on any atom is -0.454 e. The first-order chi connectivity index (χ1) is 12.9. The summed E-state index contributed by atoms with van der Waals surface area (Å²) >= 11 is 6.03. The van der Waals surface area contributed by atoms with Crippen LogP contribution in [-0.2, 0) is 14.3 Å². The van der Waals surface area contributed by atoms with Gasteiger partial charge < -0.3 is 19.5 Å². The molecule has 1 N–H and O–H groups in total. The highest BCUT2D eigenvalue weighted by Gasteiger charge is 2.18. The quantitative estimate of drug-likeness (QED) is 0.619. The summed E-state index contributed by atoms with van der Waals surface area (Å²) in [7, 11) is 0. The Morgan fingerprint density at radius 2 is 1.96 bits per heavy atom. The van der Waals surface area contributed by atoms with Crippen LogP contribution in [0.5, 0.6) is 11.5 Å². The molecule has 0 saturated carbocycles. The van der Waals surface area contributed by atoms with Gasteiger partial charge in [-0.3, -0.25) is 4.79 Å². The summed E-state index contributed by atoms with van der Waals surface area (Å²) in [6, 6.07) is 6.32. The van der Waals surface area contributed by atoms with Gasteiger partial charge >= 0.3 is 5.97 Å². The van der Waals surface area contributed by atoms with E-state index in [1.807, 2.05) is 5.32 Å². The number of carbonyl (C=O) groups is 2. The van der Waals surface area contributed by atoms with Crippen molar-refractivity contribution in [3.05, 3.63) is 58.6 Å². The van der Waals surface area contributed by atoms with E-state index in [0.29, 0.717) is 22.1 Å². The molecule has 0 radical (unpaired) electrons. The summed E-state index contributed by atoms with van der Waals surface area (Å²) in [5.41, 5.74) is -0.0526. The van der Waals surface area contributed by atoms with Crippen molar-refractivity contribution in [3.8, 4) is 11.5 Å². The number of fused-ring (bicyclic) bond motifs is 1. The SMILES string of the molecule is O=C(COC(=O)/C=C/c1cc(Cl)c2c(c1)OCO2)Nc1c(F)cccc1F. The van der Waals surface area contributed by atoms with Gasteiger partial charge in [0, 0.05) is 6.08 Å². The molecule has 0 spiro atoms. The lowest BCUT2D eigenvalue weighted by Gasteiger charge is -2.07. The van der Waals surface area contributed by atoms with Gasteiger partial charge in [-0.1, -0.05) is 17.7 Å². The highest BCUT2D eigenvalue weighted by Crippen LogP contribution is 2.40. The fourth-order valence-corrected chi connectivity index (χ4v) is 2.50. The second-order valence-electron chi connectivity index (χ2n) is 5.32. The van der Waals surface area contributed by atoms with Crippen molar-refractivity contribution in [2.45, 2.75) is 0 Å². The number of nitrogens with one attached hydrogen (secondary N) is 1. The number of para-hydroxylation sites is 1. The van der Waals surface area contributed by atoms with E-state index in [-0.39, 0.29) is 6.79 Å². The molecule has 0 aliphatic carbocycles. The first kappa shape index (κ1) is 18.7. The van der Waals surface area contributed by atoms with Gasteiger partial charge in [-0.15, -0.1) is 0 Å². The van der Waals surface area contributed by atoms with Gasteiger partial charge in [0.2, 0.25) is 6.79 Å². The van der Waals surface area contributed by atoms with Crippen molar-refractivity contribution in [2.75, 3.05) is 18.7 Å². The minimum absolute atomic E-state index is 0.0575. The zero-order valence-corrected chi connectivity index (χ0v) is 14.4. The Labute approximate surface area is 157 Å².